The monoisotopic (exact) mass is 452 g/mol. The third-order valence-electron chi connectivity index (χ3n) is 5.86. The number of nitrogen functional groups attached to an aromatic ring is 1. The Morgan fingerprint density at radius 3 is 2.50 bits per heavy atom. The molecular formula is C23H28N6O2S. The third kappa shape index (κ3) is 4.79. The summed E-state index contributed by atoms with van der Waals surface area (Å²) in [6.45, 7) is 3.80. The Bertz CT molecular complexity index is 1240. The van der Waals surface area contributed by atoms with Crippen molar-refractivity contribution in [1.82, 2.24) is 19.7 Å². The van der Waals surface area contributed by atoms with Crippen LogP contribution in [0.5, 0.6) is 0 Å². The fraction of sp³-hybridized carbons (Fsp3) is 0.348. The minimum Gasteiger partial charge on any atom is -0.382 e. The first-order chi connectivity index (χ1) is 15.2. The van der Waals surface area contributed by atoms with E-state index in [9.17, 15) is 8.42 Å². The van der Waals surface area contributed by atoms with Gasteiger partial charge in [-0.1, -0.05) is 6.07 Å². The van der Waals surface area contributed by atoms with Gasteiger partial charge >= 0.3 is 0 Å². The quantitative estimate of drug-likeness (QED) is 0.541. The molecule has 5 N–H and O–H groups in total. The third-order valence-corrected chi connectivity index (χ3v) is 7.38. The van der Waals surface area contributed by atoms with E-state index in [-0.39, 0.29) is 17.0 Å². The van der Waals surface area contributed by atoms with Crippen molar-refractivity contribution in [1.29, 1.82) is 0 Å². The Hall–Kier alpha value is -2.88. The van der Waals surface area contributed by atoms with Crippen molar-refractivity contribution in [3.63, 3.8) is 0 Å². The van der Waals surface area contributed by atoms with Gasteiger partial charge in [0.2, 0.25) is 10.0 Å². The highest BCUT2D eigenvalue weighted by atomic mass is 32.2. The molecule has 0 amide bonds. The molecule has 1 aliphatic rings. The van der Waals surface area contributed by atoms with E-state index in [1.54, 1.807) is 30.6 Å². The number of benzene rings is 1. The highest BCUT2D eigenvalue weighted by Gasteiger charge is 2.25. The summed E-state index contributed by atoms with van der Waals surface area (Å²) in [5.74, 6) is 0.304. The molecule has 168 valence electrons. The predicted octanol–water partition coefficient (Wildman–Crippen LogP) is 2.95. The minimum atomic E-state index is -3.67. The molecule has 8 nitrogen and oxygen atoms in total. The maximum atomic E-state index is 13.1. The Morgan fingerprint density at radius 2 is 1.78 bits per heavy atom. The molecule has 0 saturated heterocycles. The number of sulfonamides is 1. The molecule has 2 heterocycles. The lowest BCUT2D eigenvalue weighted by Crippen LogP contribution is -2.40. The lowest BCUT2D eigenvalue weighted by atomic mass is 9.93. The van der Waals surface area contributed by atoms with E-state index in [1.165, 1.54) is 0 Å². The maximum Gasteiger partial charge on any atom is 0.240 e. The van der Waals surface area contributed by atoms with E-state index >= 15 is 0 Å². The Labute approximate surface area is 188 Å². The molecule has 0 aliphatic heterocycles. The van der Waals surface area contributed by atoms with Crippen LogP contribution in [-0.2, 0) is 10.0 Å². The summed E-state index contributed by atoms with van der Waals surface area (Å²) in [6, 6.07) is 8.82. The summed E-state index contributed by atoms with van der Waals surface area (Å²) in [6.07, 6.45) is 6.41. The molecule has 2 aromatic heterocycles. The van der Waals surface area contributed by atoms with Gasteiger partial charge in [0, 0.05) is 35.1 Å². The molecular weight excluding hydrogens is 424 g/mol. The van der Waals surface area contributed by atoms with Crippen LogP contribution in [0.3, 0.4) is 0 Å². The highest BCUT2D eigenvalue weighted by Crippen LogP contribution is 2.29. The molecule has 1 fully saturated rings. The number of pyridine rings is 1. The first kappa shape index (κ1) is 22.3. The van der Waals surface area contributed by atoms with Crippen molar-refractivity contribution in [3.8, 4) is 22.5 Å². The molecule has 3 aromatic rings. The molecule has 1 aromatic carbocycles. The Kier molecular flexibility index (Phi) is 6.23. The molecule has 4 rings (SSSR count). The van der Waals surface area contributed by atoms with Gasteiger partial charge in [-0.3, -0.25) is 4.98 Å². The van der Waals surface area contributed by atoms with Crippen molar-refractivity contribution in [2.45, 2.75) is 56.5 Å². The smallest absolute Gasteiger partial charge is 0.240 e. The number of hydrogen-bond donors (Lipinski definition) is 3. The van der Waals surface area contributed by atoms with Gasteiger partial charge < -0.3 is 11.5 Å². The summed E-state index contributed by atoms with van der Waals surface area (Å²) < 4.78 is 28.9. The zero-order valence-corrected chi connectivity index (χ0v) is 19.1. The number of anilines is 1. The highest BCUT2D eigenvalue weighted by molar-refractivity contribution is 7.89. The molecule has 1 aliphatic carbocycles. The van der Waals surface area contributed by atoms with E-state index < -0.39 is 10.0 Å². The molecule has 0 bridgehead atoms. The van der Waals surface area contributed by atoms with E-state index in [1.807, 2.05) is 26.0 Å². The second kappa shape index (κ2) is 8.93. The van der Waals surface area contributed by atoms with Crippen molar-refractivity contribution < 1.29 is 8.42 Å². The topological polar surface area (TPSA) is 137 Å². The number of nitrogens with one attached hydrogen (secondary N) is 1. The fourth-order valence-corrected chi connectivity index (χ4v) is 5.33. The molecule has 32 heavy (non-hydrogen) atoms. The van der Waals surface area contributed by atoms with Crippen LogP contribution in [0.25, 0.3) is 22.5 Å². The van der Waals surface area contributed by atoms with E-state index in [2.05, 4.69) is 14.7 Å². The maximum absolute atomic E-state index is 13.1. The van der Waals surface area contributed by atoms with Gasteiger partial charge in [-0.15, -0.1) is 0 Å². The van der Waals surface area contributed by atoms with Crippen LogP contribution in [0, 0.1) is 13.8 Å². The van der Waals surface area contributed by atoms with Crippen molar-refractivity contribution in [2.75, 3.05) is 5.73 Å². The van der Waals surface area contributed by atoms with Gasteiger partial charge in [0.25, 0.3) is 0 Å². The molecule has 0 radical (unpaired) electrons. The SMILES string of the molecule is Cc1cc(-c2nc(-c3cc(S(=O)(=O)N[C@H]4CC[C@H](N)CC4)ccc3C)cnc2N)ccn1. The standard InChI is InChI=1S/C23H28N6O2S/c1-14-3-8-19(32(30,31)29-18-6-4-17(24)5-7-18)12-20(14)21-13-27-23(25)22(28-21)16-9-10-26-15(2)11-16/h3,8-13,17-18,29H,4-7,24H2,1-2H3,(H2,25,27)/t17-,18-. The minimum absolute atomic E-state index is 0.0950. The summed E-state index contributed by atoms with van der Waals surface area (Å²) >= 11 is 0. The van der Waals surface area contributed by atoms with Gasteiger partial charge in [0.15, 0.2) is 0 Å². The number of aromatic nitrogens is 3. The zero-order chi connectivity index (χ0) is 22.9. The van der Waals surface area contributed by atoms with E-state index in [0.717, 1.165) is 42.5 Å². The molecule has 1 saturated carbocycles. The van der Waals surface area contributed by atoms with Crippen molar-refractivity contribution in [2.24, 2.45) is 5.73 Å². The van der Waals surface area contributed by atoms with Crippen LogP contribution in [0.4, 0.5) is 5.82 Å². The first-order valence-corrected chi connectivity index (χ1v) is 12.2. The lowest BCUT2D eigenvalue weighted by Gasteiger charge is -2.26. The van der Waals surface area contributed by atoms with Gasteiger partial charge in [0.05, 0.1) is 16.8 Å². The van der Waals surface area contributed by atoms with Crippen LogP contribution >= 0.6 is 0 Å². The molecule has 0 atom stereocenters. The van der Waals surface area contributed by atoms with Crippen molar-refractivity contribution in [3.05, 3.63) is 54.0 Å². The summed E-state index contributed by atoms with van der Waals surface area (Å²) in [7, 11) is -3.67. The van der Waals surface area contributed by atoms with Gasteiger partial charge in [-0.25, -0.2) is 23.1 Å². The summed E-state index contributed by atoms with van der Waals surface area (Å²) in [5.41, 5.74) is 16.4. The van der Waals surface area contributed by atoms with E-state index in [0.29, 0.717) is 22.8 Å². The van der Waals surface area contributed by atoms with Crippen molar-refractivity contribution >= 4 is 15.8 Å². The average molecular weight is 453 g/mol. The van der Waals surface area contributed by atoms with Crippen LogP contribution in [0.2, 0.25) is 0 Å². The fourth-order valence-electron chi connectivity index (χ4n) is 4.00. The van der Waals surface area contributed by atoms with Gasteiger partial charge in [0.1, 0.15) is 11.5 Å². The number of nitrogens with two attached hydrogens (primary N) is 2. The zero-order valence-electron chi connectivity index (χ0n) is 18.2. The average Bonchev–Trinajstić information content (AvgIpc) is 2.76. The number of hydrogen-bond acceptors (Lipinski definition) is 7. The van der Waals surface area contributed by atoms with Crippen LogP contribution < -0.4 is 16.2 Å². The molecule has 0 spiro atoms. The largest absolute Gasteiger partial charge is 0.382 e. The first-order valence-electron chi connectivity index (χ1n) is 10.7. The molecule has 9 heteroatoms. The summed E-state index contributed by atoms with van der Waals surface area (Å²) in [5, 5.41) is 0. The van der Waals surface area contributed by atoms with Gasteiger partial charge in [-0.2, -0.15) is 0 Å². The predicted molar refractivity (Wildman–Crippen MR) is 125 cm³/mol. The summed E-state index contributed by atoms with van der Waals surface area (Å²) in [4.78, 5) is 13.4. The van der Waals surface area contributed by atoms with E-state index in [4.69, 9.17) is 16.5 Å². The number of rotatable bonds is 5. The molecule has 0 unspecified atom stereocenters. The van der Waals surface area contributed by atoms with Gasteiger partial charge in [-0.05, 0) is 69.4 Å². The van der Waals surface area contributed by atoms with Crippen LogP contribution in [0.15, 0.2) is 47.6 Å². The number of aryl methyl sites for hydroxylation is 2. The normalized spacial score (nSPS) is 19.1. The second-order valence-electron chi connectivity index (χ2n) is 8.38. The lowest BCUT2D eigenvalue weighted by molar-refractivity contribution is 0.373. The number of nitrogens with zero attached hydrogens (tertiary/aromatic N) is 3. The second-order valence-corrected chi connectivity index (χ2v) is 10.1. The Balaban J connectivity index is 1.68. The van der Waals surface area contributed by atoms with Crippen LogP contribution in [-0.4, -0.2) is 35.5 Å². The Morgan fingerprint density at radius 1 is 1.03 bits per heavy atom. The van der Waals surface area contributed by atoms with Crippen LogP contribution in [0.1, 0.15) is 36.9 Å².